The van der Waals surface area contributed by atoms with Crippen LogP contribution in [0.3, 0.4) is 0 Å². The summed E-state index contributed by atoms with van der Waals surface area (Å²) in [4.78, 5) is 9.81. The van der Waals surface area contributed by atoms with Gasteiger partial charge in [-0.25, -0.2) is 0 Å². The van der Waals surface area contributed by atoms with Crippen LogP contribution in [0, 0.1) is 0 Å². The SMILES string of the molecule is C=C(C)COCC.CCC(N)C(=O)O. The molecule has 3 N–H and O–H groups in total. The fourth-order valence-electron chi connectivity index (χ4n) is 0.451. The summed E-state index contributed by atoms with van der Waals surface area (Å²) in [5.74, 6) is -0.928. The summed E-state index contributed by atoms with van der Waals surface area (Å²) in [6.07, 6.45) is 0.495. The second-order valence-electron chi connectivity index (χ2n) is 2.95. The van der Waals surface area contributed by atoms with Gasteiger partial charge in [0.2, 0.25) is 0 Å². The molecule has 0 aliphatic carbocycles. The van der Waals surface area contributed by atoms with Crippen LogP contribution in [0.4, 0.5) is 0 Å². The molecule has 84 valence electrons. The predicted molar refractivity (Wildman–Crippen MR) is 57.2 cm³/mol. The van der Waals surface area contributed by atoms with E-state index < -0.39 is 12.0 Å². The first-order valence-electron chi connectivity index (χ1n) is 4.66. The van der Waals surface area contributed by atoms with E-state index >= 15 is 0 Å². The number of carboxylic acid groups (broad SMARTS) is 1. The highest BCUT2D eigenvalue weighted by Gasteiger charge is 2.05. The molecule has 0 spiro atoms. The van der Waals surface area contributed by atoms with E-state index in [0.29, 0.717) is 13.0 Å². The van der Waals surface area contributed by atoms with E-state index in [1.807, 2.05) is 13.8 Å². The van der Waals surface area contributed by atoms with Crippen molar-refractivity contribution in [2.45, 2.75) is 33.2 Å². The van der Waals surface area contributed by atoms with Gasteiger partial charge in [-0.05, 0) is 20.3 Å². The average Bonchev–Trinajstić information content (AvgIpc) is 2.14. The van der Waals surface area contributed by atoms with Crippen LogP contribution in [-0.4, -0.2) is 30.3 Å². The fourth-order valence-corrected chi connectivity index (χ4v) is 0.451. The molecule has 0 aliphatic rings. The normalized spacial score (nSPS) is 11.1. The molecule has 0 aromatic heterocycles. The van der Waals surface area contributed by atoms with Gasteiger partial charge in [-0.3, -0.25) is 4.79 Å². The Bertz CT molecular complexity index is 169. The zero-order valence-electron chi connectivity index (χ0n) is 9.25. The molecule has 4 heteroatoms. The van der Waals surface area contributed by atoms with Crippen molar-refractivity contribution in [2.75, 3.05) is 13.2 Å². The minimum Gasteiger partial charge on any atom is -0.480 e. The Labute approximate surface area is 85.7 Å². The number of aliphatic carboxylic acids is 1. The van der Waals surface area contributed by atoms with Gasteiger partial charge in [0, 0.05) is 6.61 Å². The topological polar surface area (TPSA) is 72.5 Å². The maximum absolute atomic E-state index is 9.81. The van der Waals surface area contributed by atoms with Gasteiger partial charge in [-0.2, -0.15) is 0 Å². The number of rotatable bonds is 5. The minimum absolute atomic E-state index is 0.495. The smallest absolute Gasteiger partial charge is 0.320 e. The third-order valence-electron chi connectivity index (χ3n) is 1.31. The molecular formula is C10H21NO3. The van der Waals surface area contributed by atoms with Crippen LogP contribution in [0.15, 0.2) is 12.2 Å². The van der Waals surface area contributed by atoms with Crippen LogP contribution in [0.1, 0.15) is 27.2 Å². The highest BCUT2D eigenvalue weighted by molar-refractivity contribution is 5.72. The van der Waals surface area contributed by atoms with Crippen molar-refractivity contribution in [3.8, 4) is 0 Å². The number of hydrogen-bond donors (Lipinski definition) is 2. The summed E-state index contributed by atoms with van der Waals surface area (Å²) >= 11 is 0. The van der Waals surface area contributed by atoms with Crippen LogP contribution < -0.4 is 5.73 Å². The van der Waals surface area contributed by atoms with Gasteiger partial charge in [-0.1, -0.05) is 19.1 Å². The van der Waals surface area contributed by atoms with E-state index in [-0.39, 0.29) is 0 Å². The molecule has 0 aromatic carbocycles. The van der Waals surface area contributed by atoms with Gasteiger partial charge in [0.25, 0.3) is 0 Å². The summed E-state index contributed by atoms with van der Waals surface area (Å²) in [6.45, 7) is 10.8. The van der Waals surface area contributed by atoms with Gasteiger partial charge in [-0.15, -0.1) is 0 Å². The number of carbonyl (C=O) groups is 1. The summed E-state index contributed by atoms with van der Waals surface area (Å²) in [6, 6.07) is -0.681. The summed E-state index contributed by atoms with van der Waals surface area (Å²) in [5.41, 5.74) is 6.10. The summed E-state index contributed by atoms with van der Waals surface area (Å²) < 4.78 is 5.00. The zero-order chi connectivity index (χ0) is 11.6. The van der Waals surface area contributed by atoms with Crippen molar-refractivity contribution < 1.29 is 14.6 Å². The van der Waals surface area contributed by atoms with Crippen molar-refractivity contribution in [1.82, 2.24) is 0 Å². The third-order valence-corrected chi connectivity index (χ3v) is 1.31. The quantitative estimate of drug-likeness (QED) is 0.662. The van der Waals surface area contributed by atoms with E-state index in [1.165, 1.54) is 0 Å². The molecule has 0 radical (unpaired) electrons. The first-order valence-corrected chi connectivity index (χ1v) is 4.66. The summed E-state index contributed by atoms with van der Waals surface area (Å²) in [7, 11) is 0. The van der Waals surface area contributed by atoms with E-state index in [0.717, 1.165) is 12.2 Å². The van der Waals surface area contributed by atoms with Crippen LogP contribution in [0.25, 0.3) is 0 Å². The second kappa shape index (κ2) is 10.2. The van der Waals surface area contributed by atoms with Crippen molar-refractivity contribution in [1.29, 1.82) is 0 Å². The molecule has 14 heavy (non-hydrogen) atoms. The lowest BCUT2D eigenvalue weighted by Gasteiger charge is -1.97. The Kier molecular flexibility index (Phi) is 11.4. The Morgan fingerprint density at radius 3 is 2.14 bits per heavy atom. The molecule has 0 bridgehead atoms. The predicted octanol–water partition coefficient (Wildman–Crippen LogP) is 1.41. The van der Waals surface area contributed by atoms with Gasteiger partial charge in [0.05, 0.1) is 6.61 Å². The van der Waals surface area contributed by atoms with E-state index in [1.54, 1.807) is 6.92 Å². The van der Waals surface area contributed by atoms with Gasteiger partial charge < -0.3 is 15.6 Å². The lowest BCUT2D eigenvalue weighted by atomic mass is 10.2. The van der Waals surface area contributed by atoms with E-state index in [2.05, 4.69) is 6.58 Å². The molecule has 0 aromatic rings. The van der Waals surface area contributed by atoms with E-state index in [9.17, 15) is 4.79 Å². The lowest BCUT2D eigenvalue weighted by Crippen LogP contribution is -2.28. The lowest BCUT2D eigenvalue weighted by molar-refractivity contribution is -0.138. The van der Waals surface area contributed by atoms with Crippen LogP contribution >= 0.6 is 0 Å². The molecule has 0 saturated carbocycles. The molecule has 0 amide bonds. The Morgan fingerprint density at radius 2 is 2.07 bits per heavy atom. The van der Waals surface area contributed by atoms with Crippen molar-refractivity contribution >= 4 is 5.97 Å². The average molecular weight is 203 g/mol. The molecule has 1 atom stereocenters. The monoisotopic (exact) mass is 203 g/mol. The highest BCUT2D eigenvalue weighted by Crippen LogP contribution is 1.85. The number of nitrogens with two attached hydrogens (primary N) is 1. The van der Waals surface area contributed by atoms with Crippen LogP contribution in [0.2, 0.25) is 0 Å². The van der Waals surface area contributed by atoms with Crippen molar-refractivity contribution in [2.24, 2.45) is 5.73 Å². The first-order chi connectivity index (χ1) is 6.45. The Hall–Kier alpha value is -0.870. The Morgan fingerprint density at radius 1 is 1.57 bits per heavy atom. The molecule has 4 nitrogen and oxygen atoms in total. The van der Waals surface area contributed by atoms with Gasteiger partial charge in [0.15, 0.2) is 0 Å². The van der Waals surface area contributed by atoms with Gasteiger partial charge >= 0.3 is 5.97 Å². The number of hydrogen-bond acceptors (Lipinski definition) is 3. The molecule has 1 unspecified atom stereocenters. The second-order valence-corrected chi connectivity index (χ2v) is 2.95. The number of carboxylic acids is 1. The third kappa shape index (κ3) is 13.7. The largest absolute Gasteiger partial charge is 0.480 e. The standard InChI is InChI=1S/C6H12O.C4H9NO2/c1-4-7-5-6(2)3;1-2-3(5)4(6)7/h2,4-5H2,1,3H3;3H,2,5H2,1H3,(H,6,7). The molecule has 0 fully saturated rings. The maximum atomic E-state index is 9.81. The van der Waals surface area contributed by atoms with Crippen molar-refractivity contribution in [3.05, 3.63) is 12.2 Å². The number of ether oxygens (including phenoxy) is 1. The first kappa shape index (κ1) is 15.6. The highest BCUT2D eigenvalue weighted by atomic mass is 16.5. The fraction of sp³-hybridized carbons (Fsp3) is 0.700. The zero-order valence-corrected chi connectivity index (χ0v) is 9.25. The van der Waals surface area contributed by atoms with Crippen LogP contribution in [0.5, 0.6) is 0 Å². The molecule has 0 heterocycles. The summed E-state index contributed by atoms with van der Waals surface area (Å²) in [5, 5.41) is 8.06. The van der Waals surface area contributed by atoms with Crippen molar-refractivity contribution in [3.63, 3.8) is 0 Å². The molecule has 0 rings (SSSR count). The molecular weight excluding hydrogens is 182 g/mol. The maximum Gasteiger partial charge on any atom is 0.320 e. The Balaban J connectivity index is 0. The van der Waals surface area contributed by atoms with Crippen LogP contribution in [-0.2, 0) is 9.53 Å². The van der Waals surface area contributed by atoms with E-state index in [4.69, 9.17) is 15.6 Å². The molecule has 0 aliphatic heterocycles. The minimum atomic E-state index is -0.928. The van der Waals surface area contributed by atoms with Gasteiger partial charge in [0.1, 0.15) is 6.04 Å². The molecule has 0 saturated heterocycles.